The van der Waals surface area contributed by atoms with Crippen molar-refractivity contribution in [2.24, 2.45) is 0 Å². The van der Waals surface area contributed by atoms with E-state index < -0.39 is 32.6 Å². The topological polar surface area (TPSA) is 46.2 Å². The van der Waals surface area contributed by atoms with Crippen LogP contribution in [0.3, 0.4) is 0 Å². The molecule has 1 fully saturated rings. The fourth-order valence-electron chi connectivity index (χ4n) is 2.36. The first-order chi connectivity index (χ1) is 9.70. The van der Waals surface area contributed by atoms with Gasteiger partial charge in [-0.15, -0.1) is 0 Å². The van der Waals surface area contributed by atoms with E-state index in [1.165, 1.54) is 6.07 Å². The highest BCUT2D eigenvalue weighted by Crippen LogP contribution is 2.31. The van der Waals surface area contributed by atoms with Crippen LogP contribution in [0, 0.1) is 5.82 Å². The zero-order valence-corrected chi connectivity index (χ0v) is 11.9. The van der Waals surface area contributed by atoms with E-state index >= 15 is 0 Å². The van der Waals surface area contributed by atoms with Crippen molar-refractivity contribution in [1.82, 2.24) is 5.32 Å². The Kier molecular flexibility index (Phi) is 4.57. The highest BCUT2D eigenvalue weighted by atomic mass is 32.2. The van der Waals surface area contributed by atoms with E-state index in [4.69, 9.17) is 0 Å². The second kappa shape index (κ2) is 5.92. The lowest BCUT2D eigenvalue weighted by molar-refractivity contribution is -0.140. The molecule has 1 saturated heterocycles. The number of hydrogen-bond donors (Lipinski definition) is 1. The highest BCUT2D eigenvalue weighted by Gasteiger charge is 2.34. The van der Waals surface area contributed by atoms with Gasteiger partial charge in [0, 0.05) is 13.1 Å². The molecule has 1 atom stereocenters. The minimum absolute atomic E-state index is 0.0649. The summed E-state index contributed by atoms with van der Waals surface area (Å²) in [5.41, 5.74) is -1.05. The molecular formula is C13H15F4NO2S. The molecule has 1 heterocycles. The molecule has 2 rings (SSSR count). The fraction of sp³-hybridized carbons (Fsp3) is 0.538. The molecular weight excluding hydrogens is 310 g/mol. The number of halogens is 4. The van der Waals surface area contributed by atoms with Crippen LogP contribution >= 0.6 is 0 Å². The standard InChI is InChI=1S/C13H15F4NO2S/c14-12-4-3-9(6-11(12)13(15,16)17)7-18-8-10-2-1-5-21(10,19)20/h3-4,6,10,18H,1-2,5,7-8H2. The zero-order valence-electron chi connectivity index (χ0n) is 11.1. The van der Waals surface area contributed by atoms with Gasteiger partial charge in [0.2, 0.25) is 0 Å². The summed E-state index contributed by atoms with van der Waals surface area (Å²) >= 11 is 0. The molecule has 1 aliphatic rings. The molecule has 0 amide bonds. The predicted molar refractivity (Wildman–Crippen MR) is 69.9 cm³/mol. The van der Waals surface area contributed by atoms with Crippen LogP contribution in [0.15, 0.2) is 18.2 Å². The van der Waals surface area contributed by atoms with Crippen LogP contribution in [0.1, 0.15) is 24.0 Å². The third kappa shape index (κ3) is 3.94. The van der Waals surface area contributed by atoms with Gasteiger partial charge in [0.05, 0.1) is 16.6 Å². The fourth-order valence-corrected chi connectivity index (χ4v) is 4.16. The summed E-state index contributed by atoms with van der Waals surface area (Å²) in [6, 6.07) is 2.76. The number of nitrogens with one attached hydrogen (secondary N) is 1. The number of alkyl halides is 3. The van der Waals surface area contributed by atoms with Crippen molar-refractivity contribution in [2.75, 3.05) is 12.3 Å². The van der Waals surface area contributed by atoms with E-state index in [1.807, 2.05) is 0 Å². The lowest BCUT2D eigenvalue weighted by atomic mass is 10.1. The normalized spacial score (nSPS) is 21.6. The maximum Gasteiger partial charge on any atom is 0.419 e. The van der Waals surface area contributed by atoms with Crippen LogP contribution in [-0.2, 0) is 22.6 Å². The van der Waals surface area contributed by atoms with Gasteiger partial charge in [-0.2, -0.15) is 13.2 Å². The van der Waals surface area contributed by atoms with Gasteiger partial charge in [-0.05, 0) is 30.5 Å². The Bertz CT molecular complexity index is 613. The minimum atomic E-state index is -4.74. The molecule has 118 valence electrons. The Morgan fingerprint density at radius 1 is 1.29 bits per heavy atom. The minimum Gasteiger partial charge on any atom is -0.311 e. The van der Waals surface area contributed by atoms with Crippen molar-refractivity contribution in [2.45, 2.75) is 30.8 Å². The smallest absolute Gasteiger partial charge is 0.311 e. The lowest BCUT2D eigenvalue weighted by Crippen LogP contribution is -2.30. The molecule has 21 heavy (non-hydrogen) atoms. The molecule has 8 heteroatoms. The van der Waals surface area contributed by atoms with E-state index in [0.29, 0.717) is 12.8 Å². The van der Waals surface area contributed by atoms with Gasteiger partial charge in [0.1, 0.15) is 5.82 Å². The summed E-state index contributed by atoms with van der Waals surface area (Å²) in [6.07, 6.45) is -3.56. The largest absolute Gasteiger partial charge is 0.419 e. The van der Waals surface area contributed by atoms with Gasteiger partial charge in [0.25, 0.3) is 0 Å². The van der Waals surface area contributed by atoms with Crippen LogP contribution < -0.4 is 5.32 Å². The number of rotatable bonds is 4. The number of sulfone groups is 1. The lowest BCUT2D eigenvalue weighted by Gasteiger charge is -2.13. The molecule has 0 saturated carbocycles. The average Bonchev–Trinajstić information content (AvgIpc) is 2.69. The van der Waals surface area contributed by atoms with Crippen molar-refractivity contribution in [3.05, 3.63) is 35.1 Å². The van der Waals surface area contributed by atoms with Gasteiger partial charge in [-0.3, -0.25) is 0 Å². The highest BCUT2D eigenvalue weighted by molar-refractivity contribution is 7.92. The molecule has 0 bridgehead atoms. The summed E-state index contributed by atoms with van der Waals surface area (Å²) in [7, 11) is -3.08. The second-order valence-electron chi connectivity index (χ2n) is 5.07. The Balaban J connectivity index is 1.98. The first-order valence-electron chi connectivity index (χ1n) is 6.48. The van der Waals surface area contributed by atoms with Gasteiger partial charge in [-0.25, -0.2) is 12.8 Å². The van der Waals surface area contributed by atoms with Gasteiger partial charge in [-0.1, -0.05) is 6.07 Å². The van der Waals surface area contributed by atoms with E-state index in [9.17, 15) is 26.0 Å². The van der Waals surface area contributed by atoms with E-state index in [1.54, 1.807) is 0 Å². The molecule has 1 aromatic carbocycles. The van der Waals surface area contributed by atoms with Crippen LogP contribution in [0.4, 0.5) is 17.6 Å². The first-order valence-corrected chi connectivity index (χ1v) is 8.19. The predicted octanol–water partition coefficient (Wildman–Crippen LogP) is 2.51. The third-order valence-corrected chi connectivity index (χ3v) is 5.78. The van der Waals surface area contributed by atoms with Crippen molar-refractivity contribution in [3.63, 3.8) is 0 Å². The van der Waals surface area contributed by atoms with E-state index in [2.05, 4.69) is 5.32 Å². The SMILES string of the molecule is O=S1(=O)CCCC1CNCc1ccc(F)c(C(F)(F)F)c1. The second-order valence-corrected chi connectivity index (χ2v) is 7.47. The molecule has 0 spiro atoms. The third-order valence-electron chi connectivity index (χ3n) is 3.50. The Morgan fingerprint density at radius 3 is 2.57 bits per heavy atom. The summed E-state index contributed by atoms with van der Waals surface area (Å²) < 4.78 is 74.0. The quantitative estimate of drug-likeness (QED) is 0.865. The molecule has 0 aliphatic carbocycles. The average molecular weight is 325 g/mol. The molecule has 1 N–H and O–H groups in total. The Morgan fingerprint density at radius 2 is 2.00 bits per heavy atom. The van der Waals surface area contributed by atoms with Gasteiger partial charge >= 0.3 is 6.18 Å². The number of benzene rings is 1. The van der Waals surface area contributed by atoms with Gasteiger partial charge in [0.15, 0.2) is 9.84 Å². The van der Waals surface area contributed by atoms with Crippen molar-refractivity contribution >= 4 is 9.84 Å². The summed E-state index contributed by atoms with van der Waals surface area (Å²) in [5.74, 6) is -1.15. The Labute approximate surface area is 120 Å². The van der Waals surface area contributed by atoms with Crippen LogP contribution in [0.25, 0.3) is 0 Å². The van der Waals surface area contributed by atoms with Crippen LogP contribution in [0.5, 0.6) is 0 Å². The summed E-state index contributed by atoms with van der Waals surface area (Å²) in [4.78, 5) is 0. The monoisotopic (exact) mass is 325 g/mol. The molecule has 1 aromatic rings. The summed E-state index contributed by atoms with van der Waals surface area (Å²) in [6.45, 7) is 0.260. The maximum atomic E-state index is 13.1. The van der Waals surface area contributed by atoms with E-state index in [-0.39, 0.29) is 24.4 Å². The van der Waals surface area contributed by atoms with Crippen molar-refractivity contribution in [1.29, 1.82) is 0 Å². The molecule has 1 unspecified atom stereocenters. The first kappa shape index (κ1) is 16.2. The van der Waals surface area contributed by atoms with Crippen LogP contribution in [0.2, 0.25) is 0 Å². The number of hydrogen-bond acceptors (Lipinski definition) is 3. The van der Waals surface area contributed by atoms with Crippen molar-refractivity contribution in [3.8, 4) is 0 Å². The summed E-state index contributed by atoms with van der Waals surface area (Å²) in [5, 5.41) is 2.34. The zero-order chi connectivity index (χ0) is 15.7. The van der Waals surface area contributed by atoms with Gasteiger partial charge < -0.3 is 5.32 Å². The maximum absolute atomic E-state index is 13.1. The van der Waals surface area contributed by atoms with Crippen molar-refractivity contribution < 1.29 is 26.0 Å². The molecule has 3 nitrogen and oxygen atoms in total. The molecule has 0 radical (unpaired) electrons. The van der Waals surface area contributed by atoms with E-state index in [0.717, 1.165) is 12.1 Å². The van der Waals surface area contributed by atoms with Crippen LogP contribution in [-0.4, -0.2) is 26.0 Å². The molecule has 0 aromatic heterocycles. The Hall–Kier alpha value is -1.15. The molecule has 1 aliphatic heterocycles.